The third kappa shape index (κ3) is 9.01. The van der Waals surface area contributed by atoms with Crippen LogP contribution in [-0.4, -0.2) is 66.8 Å². The molecule has 0 aromatic heterocycles. The number of carbonyl (C=O) groups is 5. The SMILES string of the molecule is CC(C)C(NC(=O)[C@H](C)NC(=O)[C@H](Cc1ccccc1)NC(=O)c1ccccc1)C(=O)C(=O)NC1CCOCC1. The van der Waals surface area contributed by atoms with Crippen molar-refractivity contribution in [3.63, 3.8) is 0 Å². The number of rotatable bonds is 12. The van der Waals surface area contributed by atoms with E-state index in [0.717, 1.165) is 5.56 Å². The Labute approximate surface area is 234 Å². The molecule has 4 amide bonds. The molecule has 4 N–H and O–H groups in total. The Balaban J connectivity index is 1.64. The van der Waals surface area contributed by atoms with E-state index < -0.39 is 47.5 Å². The van der Waals surface area contributed by atoms with Gasteiger partial charge in [0.25, 0.3) is 11.8 Å². The van der Waals surface area contributed by atoms with Crippen molar-refractivity contribution < 1.29 is 28.7 Å². The Kier molecular flexibility index (Phi) is 11.4. The van der Waals surface area contributed by atoms with Crippen LogP contribution in [0, 0.1) is 5.92 Å². The fraction of sp³-hybridized carbons (Fsp3) is 0.433. The molecule has 1 aliphatic rings. The second-order valence-electron chi connectivity index (χ2n) is 10.3. The van der Waals surface area contributed by atoms with Crippen LogP contribution in [0.1, 0.15) is 49.5 Å². The molecule has 1 saturated heterocycles. The average molecular weight is 551 g/mol. The van der Waals surface area contributed by atoms with Gasteiger partial charge < -0.3 is 26.0 Å². The van der Waals surface area contributed by atoms with Gasteiger partial charge in [-0.1, -0.05) is 62.4 Å². The standard InChI is InChI=1S/C30H38N4O6/c1-19(2)25(26(35)30(39)32-23-14-16-40-17-15-23)34-27(36)20(3)31-29(38)24(18-21-10-6-4-7-11-21)33-28(37)22-12-8-5-9-13-22/h4-13,19-20,23-25H,14-18H2,1-3H3,(H,31,38)(H,32,39)(H,33,37)(H,34,36)/t20-,24-,25?/m0/s1. The van der Waals surface area contributed by atoms with Crippen LogP contribution in [0.3, 0.4) is 0 Å². The molecule has 1 unspecified atom stereocenters. The zero-order chi connectivity index (χ0) is 29.1. The first-order valence-corrected chi connectivity index (χ1v) is 13.6. The normalized spacial score (nSPS) is 15.8. The topological polar surface area (TPSA) is 143 Å². The van der Waals surface area contributed by atoms with Crippen LogP contribution in [0.2, 0.25) is 0 Å². The van der Waals surface area contributed by atoms with Gasteiger partial charge in [-0.2, -0.15) is 0 Å². The summed E-state index contributed by atoms with van der Waals surface area (Å²) in [5, 5.41) is 10.7. The summed E-state index contributed by atoms with van der Waals surface area (Å²) in [6.45, 7) is 5.96. The van der Waals surface area contributed by atoms with Gasteiger partial charge in [0, 0.05) is 31.2 Å². The second kappa shape index (κ2) is 14.9. The molecule has 2 aromatic rings. The van der Waals surface area contributed by atoms with E-state index in [9.17, 15) is 24.0 Å². The summed E-state index contributed by atoms with van der Waals surface area (Å²) in [6.07, 6.45) is 1.44. The van der Waals surface area contributed by atoms with Crippen molar-refractivity contribution in [2.75, 3.05) is 13.2 Å². The van der Waals surface area contributed by atoms with E-state index in [4.69, 9.17) is 4.74 Å². The summed E-state index contributed by atoms with van der Waals surface area (Å²) in [5.74, 6) is -3.46. The van der Waals surface area contributed by atoms with Crippen LogP contribution in [0.4, 0.5) is 0 Å². The van der Waals surface area contributed by atoms with E-state index in [1.165, 1.54) is 6.92 Å². The lowest BCUT2D eigenvalue weighted by atomic mass is 9.98. The average Bonchev–Trinajstić information content (AvgIpc) is 2.96. The number of carbonyl (C=O) groups excluding carboxylic acids is 5. The van der Waals surface area contributed by atoms with Crippen molar-refractivity contribution in [3.05, 3.63) is 71.8 Å². The lowest BCUT2D eigenvalue weighted by Gasteiger charge is -2.26. The maximum Gasteiger partial charge on any atom is 0.289 e. The minimum Gasteiger partial charge on any atom is -0.381 e. The summed E-state index contributed by atoms with van der Waals surface area (Å²) >= 11 is 0. The van der Waals surface area contributed by atoms with E-state index in [1.54, 1.807) is 44.2 Å². The molecule has 1 fully saturated rings. The summed E-state index contributed by atoms with van der Waals surface area (Å²) in [7, 11) is 0. The third-order valence-corrected chi connectivity index (χ3v) is 6.72. The zero-order valence-corrected chi connectivity index (χ0v) is 23.1. The fourth-order valence-electron chi connectivity index (χ4n) is 4.32. The van der Waals surface area contributed by atoms with E-state index >= 15 is 0 Å². The van der Waals surface area contributed by atoms with Gasteiger partial charge in [-0.3, -0.25) is 24.0 Å². The first kappa shape index (κ1) is 30.5. The number of ketones is 1. The Morgan fingerprint density at radius 2 is 1.40 bits per heavy atom. The molecule has 10 heteroatoms. The lowest BCUT2D eigenvalue weighted by molar-refractivity contribution is -0.141. The number of hydrogen-bond acceptors (Lipinski definition) is 6. The van der Waals surface area contributed by atoms with Crippen LogP contribution >= 0.6 is 0 Å². The van der Waals surface area contributed by atoms with Crippen molar-refractivity contribution in [2.24, 2.45) is 5.92 Å². The Hall–Kier alpha value is -4.05. The van der Waals surface area contributed by atoms with Gasteiger partial charge in [0.15, 0.2) is 0 Å². The molecule has 0 radical (unpaired) electrons. The Morgan fingerprint density at radius 3 is 2.00 bits per heavy atom. The summed E-state index contributed by atoms with van der Waals surface area (Å²) < 4.78 is 5.28. The van der Waals surface area contributed by atoms with Crippen LogP contribution in [0.15, 0.2) is 60.7 Å². The van der Waals surface area contributed by atoms with Crippen LogP contribution in [-0.2, 0) is 30.3 Å². The van der Waals surface area contributed by atoms with Crippen LogP contribution < -0.4 is 21.3 Å². The quantitative estimate of drug-likeness (QED) is 0.295. The van der Waals surface area contributed by atoms with Crippen molar-refractivity contribution in [2.45, 2.75) is 64.2 Å². The van der Waals surface area contributed by atoms with Crippen molar-refractivity contribution >= 4 is 29.4 Å². The molecule has 1 aliphatic heterocycles. The third-order valence-electron chi connectivity index (χ3n) is 6.72. The number of nitrogens with one attached hydrogen (secondary N) is 4. The molecule has 3 rings (SSSR count). The van der Waals surface area contributed by atoms with Gasteiger partial charge in [-0.25, -0.2) is 0 Å². The van der Waals surface area contributed by atoms with Gasteiger partial charge in [-0.05, 0) is 43.4 Å². The van der Waals surface area contributed by atoms with Crippen molar-refractivity contribution in [3.8, 4) is 0 Å². The van der Waals surface area contributed by atoms with Gasteiger partial charge in [0.05, 0.1) is 6.04 Å². The molecule has 10 nitrogen and oxygen atoms in total. The van der Waals surface area contributed by atoms with E-state index in [1.807, 2.05) is 30.3 Å². The van der Waals surface area contributed by atoms with Gasteiger partial charge in [0.2, 0.25) is 17.6 Å². The Bertz CT molecular complexity index is 1170. The first-order chi connectivity index (χ1) is 19.2. The molecule has 40 heavy (non-hydrogen) atoms. The largest absolute Gasteiger partial charge is 0.381 e. The number of Topliss-reactive ketones (excluding diaryl/α,β-unsaturated/α-hetero) is 1. The minimum atomic E-state index is -1.07. The van der Waals surface area contributed by atoms with Gasteiger partial charge in [-0.15, -0.1) is 0 Å². The molecular formula is C30H38N4O6. The molecule has 1 heterocycles. The predicted octanol–water partition coefficient (Wildman–Crippen LogP) is 1.54. The number of benzene rings is 2. The smallest absolute Gasteiger partial charge is 0.289 e. The maximum absolute atomic E-state index is 13.3. The zero-order valence-electron chi connectivity index (χ0n) is 23.1. The van der Waals surface area contributed by atoms with Gasteiger partial charge in [0.1, 0.15) is 12.1 Å². The van der Waals surface area contributed by atoms with E-state index in [-0.39, 0.29) is 18.4 Å². The highest BCUT2D eigenvalue weighted by molar-refractivity contribution is 6.38. The molecule has 214 valence electrons. The molecule has 0 aliphatic carbocycles. The highest BCUT2D eigenvalue weighted by Gasteiger charge is 2.33. The lowest BCUT2D eigenvalue weighted by Crippen LogP contribution is -2.57. The number of hydrogen-bond donors (Lipinski definition) is 4. The summed E-state index contributed by atoms with van der Waals surface area (Å²) in [6, 6.07) is 14.5. The number of amides is 4. The van der Waals surface area contributed by atoms with Crippen LogP contribution in [0.5, 0.6) is 0 Å². The van der Waals surface area contributed by atoms with Crippen molar-refractivity contribution in [1.82, 2.24) is 21.3 Å². The second-order valence-corrected chi connectivity index (χ2v) is 10.3. The van der Waals surface area contributed by atoms with E-state index in [0.29, 0.717) is 31.6 Å². The van der Waals surface area contributed by atoms with Crippen molar-refractivity contribution in [1.29, 1.82) is 0 Å². The summed E-state index contributed by atoms with van der Waals surface area (Å²) in [5.41, 5.74) is 1.23. The molecule has 0 saturated carbocycles. The number of ether oxygens (including phenoxy) is 1. The van der Waals surface area contributed by atoms with Crippen LogP contribution in [0.25, 0.3) is 0 Å². The Morgan fingerprint density at radius 1 is 0.800 bits per heavy atom. The monoisotopic (exact) mass is 550 g/mol. The minimum absolute atomic E-state index is 0.153. The molecule has 3 atom stereocenters. The summed E-state index contributed by atoms with van der Waals surface area (Å²) in [4.78, 5) is 64.6. The first-order valence-electron chi connectivity index (χ1n) is 13.6. The fourth-order valence-corrected chi connectivity index (χ4v) is 4.32. The highest BCUT2D eigenvalue weighted by Crippen LogP contribution is 2.10. The van der Waals surface area contributed by atoms with Gasteiger partial charge >= 0.3 is 0 Å². The predicted molar refractivity (Wildman–Crippen MR) is 149 cm³/mol. The maximum atomic E-state index is 13.3. The molecule has 0 spiro atoms. The highest BCUT2D eigenvalue weighted by atomic mass is 16.5. The molecule has 0 bridgehead atoms. The van der Waals surface area contributed by atoms with E-state index in [2.05, 4.69) is 21.3 Å². The molecular weight excluding hydrogens is 512 g/mol. The molecule has 2 aromatic carbocycles.